The first-order valence-electron chi connectivity index (χ1n) is 4.98. The van der Waals surface area contributed by atoms with E-state index in [1.807, 2.05) is 24.3 Å². The van der Waals surface area contributed by atoms with Gasteiger partial charge in [-0.25, -0.2) is 0 Å². The van der Waals surface area contributed by atoms with Crippen LogP contribution in [-0.2, 0) is 0 Å². The van der Waals surface area contributed by atoms with Gasteiger partial charge in [-0.1, -0.05) is 35.1 Å². The van der Waals surface area contributed by atoms with Crippen LogP contribution in [0.3, 0.4) is 0 Å². The lowest BCUT2D eigenvalue weighted by Gasteiger charge is -1.98. The van der Waals surface area contributed by atoms with Gasteiger partial charge in [-0.3, -0.25) is 0 Å². The summed E-state index contributed by atoms with van der Waals surface area (Å²) in [6.07, 6.45) is 0. The molecule has 88 valence electrons. The van der Waals surface area contributed by atoms with E-state index in [1.54, 1.807) is 11.4 Å². The third kappa shape index (κ3) is 1.82. The molecule has 0 aliphatic rings. The molecule has 0 saturated carbocycles. The fraction of sp³-hybridized carbons (Fsp3) is 0. The van der Waals surface area contributed by atoms with Gasteiger partial charge in [-0.15, -0.1) is 0 Å². The normalized spacial score (nSPS) is 10.4. The Morgan fingerprint density at radius 1 is 1.39 bits per heavy atom. The molecule has 0 saturated heterocycles. The van der Waals surface area contributed by atoms with Crippen molar-refractivity contribution >= 4 is 33.9 Å². The Kier molecular flexibility index (Phi) is 2.67. The van der Waals surface area contributed by atoms with Gasteiger partial charge in [0, 0.05) is 5.38 Å². The lowest BCUT2D eigenvalue weighted by atomic mass is 10.2. The maximum Gasteiger partial charge on any atom is 0.280 e. The minimum absolute atomic E-state index is 0.127. The van der Waals surface area contributed by atoms with E-state index in [1.165, 1.54) is 11.3 Å². The molecule has 2 heterocycles. The number of hydrogen-bond acceptors (Lipinski definition) is 5. The molecule has 0 aliphatic heterocycles. The first kappa shape index (κ1) is 11.1. The van der Waals surface area contributed by atoms with Crippen LogP contribution in [0.15, 0.2) is 34.1 Å². The number of halogens is 1. The molecule has 3 aromatic rings. The number of benzene rings is 1. The maximum atomic E-state index is 9.04. The third-order valence-electron chi connectivity index (χ3n) is 2.30. The molecular formula is C12H5ClN2O2S. The zero-order valence-corrected chi connectivity index (χ0v) is 10.5. The van der Waals surface area contributed by atoms with E-state index in [2.05, 4.69) is 4.98 Å². The van der Waals surface area contributed by atoms with Gasteiger partial charge in [0.05, 0.1) is 5.39 Å². The SMILES string of the molecule is N#Cc1oc2ccccc2c1Oc1nc(Cl)cs1. The molecular weight excluding hydrogens is 272 g/mol. The Morgan fingerprint density at radius 3 is 2.94 bits per heavy atom. The Hall–Kier alpha value is -2.03. The number of nitrogens with zero attached hydrogens (tertiary/aromatic N) is 2. The predicted molar refractivity (Wildman–Crippen MR) is 68.1 cm³/mol. The first-order valence-corrected chi connectivity index (χ1v) is 6.24. The van der Waals surface area contributed by atoms with Crippen LogP contribution in [-0.4, -0.2) is 4.98 Å². The topological polar surface area (TPSA) is 59.0 Å². The van der Waals surface area contributed by atoms with E-state index < -0.39 is 0 Å². The molecule has 2 aromatic heterocycles. The van der Waals surface area contributed by atoms with Gasteiger partial charge in [0.1, 0.15) is 16.8 Å². The second-order valence-electron chi connectivity index (χ2n) is 3.41. The van der Waals surface area contributed by atoms with E-state index in [0.717, 1.165) is 5.39 Å². The Bertz CT molecular complexity index is 757. The molecule has 3 rings (SSSR count). The number of thiazole rings is 1. The zero-order valence-electron chi connectivity index (χ0n) is 8.88. The molecule has 1 aromatic carbocycles. The summed E-state index contributed by atoms with van der Waals surface area (Å²) in [5.74, 6) is 0.502. The van der Waals surface area contributed by atoms with Crippen molar-refractivity contribution in [1.82, 2.24) is 4.98 Å². The van der Waals surface area contributed by atoms with Gasteiger partial charge < -0.3 is 9.15 Å². The molecule has 18 heavy (non-hydrogen) atoms. The third-order valence-corrected chi connectivity index (χ3v) is 3.34. The van der Waals surface area contributed by atoms with E-state index in [-0.39, 0.29) is 5.76 Å². The van der Waals surface area contributed by atoms with Crippen molar-refractivity contribution in [2.75, 3.05) is 0 Å². The minimum atomic E-state index is 0.127. The summed E-state index contributed by atoms with van der Waals surface area (Å²) in [6.45, 7) is 0. The minimum Gasteiger partial charge on any atom is -0.442 e. The van der Waals surface area contributed by atoms with Gasteiger partial charge in [0.2, 0.25) is 5.76 Å². The summed E-state index contributed by atoms with van der Waals surface area (Å²) in [7, 11) is 0. The molecule has 0 radical (unpaired) electrons. The molecule has 0 bridgehead atoms. The molecule has 0 fully saturated rings. The fourth-order valence-corrected chi connectivity index (χ4v) is 2.36. The van der Waals surface area contributed by atoms with E-state index in [0.29, 0.717) is 21.7 Å². The molecule has 0 atom stereocenters. The van der Waals surface area contributed by atoms with Crippen LogP contribution in [0, 0.1) is 11.3 Å². The summed E-state index contributed by atoms with van der Waals surface area (Å²) in [5, 5.41) is 12.2. The maximum absolute atomic E-state index is 9.04. The van der Waals surface area contributed by atoms with Crippen LogP contribution in [0.25, 0.3) is 11.0 Å². The monoisotopic (exact) mass is 276 g/mol. The summed E-state index contributed by atoms with van der Waals surface area (Å²) in [6, 6.07) is 9.24. The number of aromatic nitrogens is 1. The lowest BCUT2D eigenvalue weighted by molar-refractivity contribution is 0.464. The average molecular weight is 277 g/mol. The van der Waals surface area contributed by atoms with Crippen LogP contribution in [0.1, 0.15) is 5.76 Å². The van der Waals surface area contributed by atoms with Crippen molar-refractivity contribution < 1.29 is 9.15 Å². The van der Waals surface area contributed by atoms with Crippen molar-refractivity contribution in [3.8, 4) is 17.0 Å². The van der Waals surface area contributed by atoms with Crippen LogP contribution in [0.2, 0.25) is 5.15 Å². The Labute approximate surface area is 111 Å². The highest BCUT2D eigenvalue weighted by Crippen LogP contribution is 2.37. The zero-order chi connectivity index (χ0) is 12.5. The summed E-state index contributed by atoms with van der Waals surface area (Å²) < 4.78 is 11.0. The van der Waals surface area contributed by atoms with Crippen LogP contribution in [0.4, 0.5) is 0 Å². The van der Waals surface area contributed by atoms with Crippen molar-refractivity contribution in [1.29, 1.82) is 5.26 Å². The van der Waals surface area contributed by atoms with Gasteiger partial charge >= 0.3 is 0 Å². The Morgan fingerprint density at radius 2 is 2.22 bits per heavy atom. The van der Waals surface area contributed by atoms with E-state index in [9.17, 15) is 0 Å². The summed E-state index contributed by atoms with van der Waals surface area (Å²) in [4.78, 5) is 3.98. The van der Waals surface area contributed by atoms with Crippen molar-refractivity contribution in [2.24, 2.45) is 0 Å². The summed E-state index contributed by atoms with van der Waals surface area (Å²) >= 11 is 6.98. The highest BCUT2D eigenvalue weighted by Gasteiger charge is 2.17. The molecule has 0 amide bonds. The molecule has 6 heteroatoms. The van der Waals surface area contributed by atoms with Crippen molar-refractivity contribution in [3.05, 3.63) is 40.6 Å². The number of ether oxygens (including phenoxy) is 1. The van der Waals surface area contributed by atoms with Crippen LogP contribution in [0.5, 0.6) is 10.9 Å². The second-order valence-corrected chi connectivity index (χ2v) is 4.61. The average Bonchev–Trinajstić information content (AvgIpc) is 2.94. The molecule has 4 nitrogen and oxygen atoms in total. The first-order chi connectivity index (χ1) is 8.78. The van der Waals surface area contributed by atoms with Crippen LogP contribution < -0.4 is 4.74 Å². The highest BCUT2D eigenvalue weighted by atomic mass is 35.5. The van der Waals surface area contributed by atoms with Crippen LogP contribution >= 0.6 is 22.9 Å². The highest BCUT2D eigenvalue weighted by molar-refractivity contribution is 7.11. The summed E-state index contributed by atoms with van der Waals surface area (Å²) in [5.41, 5.74) is 0.603. The van der Waals surface area contributed by atoms with Gasteiger partial charge in [0.15, 0.2) is 5.75 Å². The van der Waals surface area contributed by atoms with Gasteiger partial charge in [-0.05, 0) is 12.1 Å². The molecule has 0 spiro atoms. The number of hydrogen-bond donors (Lipinski definition) is 0. The second kappa shape index (κ2) is 4.33. The smallest absolute Gasteiger partial charge is 0.280 e. The van der Waals surface area contributed by atoms with E-state index >= 15 is 0 Å². The molecule has 0 N–H and O–H groups in total. The van der Waals surface area contributed by atoms with Crippen molar-refractivity contribution in [3.63, 3.8) is 0 Å². The number of fused-ring (bicyclic) bond motifs is 1. The largest absolute Gasteiger partial charge is 0.442 e. The van der Waals surface area contributed by atoms with Gasteiger partial charge in [-0.2, -0.15) is 10.2 Å². The Balaban J connectivity index is 2.13. The molecule has 0 aliphatic carbocycles. The fourth-order valence-electron chi connectivity index (χ4n) is 1.57. The molecule has 0 unspecified atom stereocenters. The van der Waals surface area contributed by atoms with Gasteiger partial charge in [0.25, 0.3) is 5.19 Å². The standard InChI is InChI=1S/C12H5ClN2O2S/c13-10-6-18-12(15-10)17-11-7-3-1-2-4-8(7)16-9(11)5-14/h1-4,6H. The number of furan rings is 1. The number of rotatable bonds is 2. The lowest BCUT2D eigenvalue weighted by Crippen LogP contribution is -1.84. The van der Waals surface area contributed by atoms with E-state index in [4.69, 9.17) is 26.0 Å². The number of nitriles is 1. The quantitative estimate of drug-likeness (QED) is 0.703. The van der Waals surface area contributed by atoms with Crippen molar-refractivity contribution in [2.45, 2.75) is 0 Å². The predicted octanol–water partition coefficient (Wildman–Crippen LogP) is 4.21. The number of para-hydroxylation sites is 1.